The quantitative estimate of drug-likeness (QED) is 0.475. The maximum Gasteiger partial charge on any atom is 0.384 e. The number of hydrogen-bond donors (Lipinski definition) is 1. The molecule has 15 heavy (non-hydrogen) atoms. The molecule has 6 heteroatoms. The molecule has 0 aliphatic heterocycles. The average molecular weight is 202 g/mol. The fourth-order valence-corrected chi connectivity index (χ4v) is 1.02. The number of nitrogens with zero attached hydrogens (tertiary/aromatic N) is 3. The van der Waals surface area contributed by atoms with Gasteiger partial charge in [0.05, 0.1) is 13.4 Å². The summed E-state index contributed by atoms with van der Waals surface area (Å²) < 4.78 is 4.38. The number of rotatable bonds is 0. The Kier molecular flexibility index (Phi) is 2.29. The number of esters is 1. The van der Waals surface area contributed by atoms with Gasteiger partial charge in [0.1, 0.15) is 17.5 Å². The van der Waals surface area contributed by atoms with Crippen molar-refractivity contribution < 1.29 is 9.53 Å². The molecule has 6 nitrogen and oxygen atoms in total. The topological polar surface area (TPSA) is 80.8 Å². The van der Waals surface area contributed by atoms with Crippen molar-refractivity contribution >= 4 is 17.1 Å². The first-order valence-corrected chi connectivity index (χ1v) is 4.05. The van der Waals surface area contributed by atoms with Crippen molar-refractivity contribution in [3.05, 3.63) is 18.3 Å². The summed E-state index contributed by atoms with van der Waals surface area (Å²) in [4.78, 5) is 25.4. The molecule has 0 unspecified atom stereocenters. The van der Waals surface area contributed by atoms with Gasteiger partial charge >= 0.3 is 5.97 Å². The molecule has 0 amide bonds. The first-order valence-electron chi connectivity index (χ1n) is 4.05. The Bertz CT molecular complexity index is 564. The van der Waals surface area contributed by atoms with E-state index in [4.69, 9.17) is 0 Å². The van der Waals surface area contributed by atoms with E-state index in [0.717, 1.165) is 0 Å². The molecule has 2 aromatic rings. The van der Waals surface area contributed by atoms with Gasteiger partial charge in [-0.3, -0.25) is 0 Å². The molecule has 0 saturated carbocycles. The standard InChI is InChI=1S/C9H6N4O2/c1-15-7(14)3-2-6-8-9(12-4-10-6)13-5-11-8/h4-5H,1H3,(H,10,11,12,13). The zero-order chi connectivity index (χ0) is 10.7. The smallest absolute Gasteiger partial charge is 0.384 e. The summed E-state index contributed by atoms with van der Waals surface area (Å²) in [6.07, 6.45) is 2.83. The molecule has 0 spiro atoms. The van der Waals surface area contributed by atoms with Crippen molar-refractivity contribution in [1.82, 2.24) is 19.9 Å². The van der Waals surface area contributed by atoms with E-state index in [2.05, 4.69) is 36.5 Å². The Labute approximate surface area is 84.7 Å². The Morgan fingerprint density at radius 1 is 1.47 bits per heavy atom. The molecule has 0 fully saturated rings. The molecule has 0 aliphatic rings. The molecular weight excluding hydrogens is 196 g/mol. The highest BCUT2D eigenvalue weighted by Gasteiger charge is 2.02. The zero-order valence-electron chi connectivity index (χ0n) is 7.81. The molecule has 2 aromatic heterocycles. The molecule has 0 bridgehead atoms. The van der Waals surface area contributed by atoms with Crippen LogP contribution in [0, 0.1) is 11.8 Å². The molecular formula is C9H6N4O2. The SMILES string of the molecule is COC(=O)C#Cc1ncnc2nc[nH]c12. The molecule has 0 aliphatic carbocycles. The number of ether oxygens (including phenoxy) is 1. The van der Waals surface area contributed by atoms with Crippen molar-refractivity contribution in [1.29, 1.82) is 0 Å². The van der Waals surface area contributed by atoms with Gasteiger partial charge in [-0.1, -0.05) is 0 Å². The second-order valence-corrected chi connectivity index (χ2v) is 2.57. The van der Waals surface area contributed by atoms with E-state index < -0.39 is 5.97 Å². The Morgan fingerprint density at radius 3 is 3.13 bits per heavy atom. The Balaban J connectivity index is 2.46. The predicted octanol–water partition coefficient (Wildman–Crippen LogP) is -0.123. The minimum atomic E-state index is -0.610. The van der Waals surface area contributed by atoms with Crippen molar-refractivity contribution in [2.24, 2.45) is 0 Å². The van der Waals surface area contributed by atoms with Crippen LogP contribution in [0.25, 0.3) is 11.2 Å². The molecule has 0 atom stereocenters. The lowest BCUT2D eigenvalue weighted by Gasteiger charge is -1.90. The van der Waals surface area contributed by atoms with Gasteiger partial charge in [-0.2, -0.15) is 0 Å². The number of hydrogen-bond acceptors (Lipinski definition) is 5. The number of aromatic nitrogens is 4. The molecule has 0 radical (unpaired) electrons. The van der Waals surface area contributed by atoms with Gasteiger partial charge in [0.15, 0.2) is 5.65 Å². The van der Waals surface area contributed by atoms with Crippen LogP contribution in [-0.2, 0) is 9.53 Å². The third kappa shape index (κ3) is 1.76. The van der Waals surface area contributed by atoms with Crippen LogP contribution in [0.1, 0.15) is 5.69 Å². The van der Waals surface area contributed by atoms with Gasteiger partial charge in [0, 0.05) is 5.92 Å². The first kappa shape index (κ1) is 9.15. The minimum absolute atomic E-state index is 0.419. The molecule has 0 aromatic carbocycles. The second kappa shape index (κ2) is 3.75. The maximum atomic E-state index is 10.8. The van der Waals surface area contributed by atoms with Crippen LogP contribution >= 0.6 is 0 Å². The summed E-state index contributed by atoms with van der Waals surface area (Å²) in [6.45, 7) is 0. The number of carbonyl (C=O) groups excluding carboxylic acids is 1. The van der Waals surface area contributed by atoms with Crippen LogP contribution in [0.5, 0.6) is 0 Å². The third-order valence-electron chi connectivity index (χ3n) is 1.69. The highest BCUT2D eigenvalue weighted by Crippen LogP contribution is 2.07. The minimum Gasteiger partial charge on any atom is -0.459 e. The van der Waals surface area contributed by atoms with Crippen LogP contribution in [0.2, 0.25) is 0 Å². The number of aromatic amines is 1. The fourth-order valence-electron chi connectivity index (χ4n) is 1.02. The maximum absolute atomic E-state index is 10.8. The molecule has 2 heterocycles. The third-order valence-corrected chi connectivity index (χ3v) is 1.69. The Hall–Kier alpha value is -2.42. The number of H-pyrrole nitrogens is 1. The number of imidazole rings is 1. The van der Waals surface area contributed by atoms with E-state index >= 15 is 0 Å². The van der Waals surface area contributed by atoms with Crippen LogP contribution in [0.3, 0.4) is 0 Å². The highest BCUT2D eigenvalue weighted by atomic mass is 16.5. The number of methoxy groups -OCH3 is 1. The van der Waals surface area contributed by atoms with Crippen LogP contribution in [0.15, 0.2) is 12.7 Å². The van der Waals surface area contributed by atoms with E-state index in [1.807, 2.05) is 0 Å². The van der Waals surface area contributed by atoms with Gasteiger partial charge in [0.25, 0.3) is 0 Å². The van der Waals surface area contributed by atoms with E-state index in [9.17, 15) is 4.79 Å². The van der Waals surface area contributed by atoms with Crippen LogP contribution < -0.4 is 0 Å². The lowest BCUT2D eigenvalue weighted by Crippen LogP contribution is -1.95. The monoisotopic (exact) mass is 202 g/mol. The van der Waals surface area contributed by atoms with Crippen molar-refractivity contribution in [2.75, 3.05) is 7.11 Å². The van der Waals surface area contributed by atoms with Gasteiger partial charge in [-0.25, -0.2) is 19.7 Å². The molecule has 0 saturated heterocycles. The predicted molar refractivity (Wildman–Crippen MR) is 50.6 cm³/mol. The van der Waals surface area contributed by atoms with Crippen molar-refractivity contribution in [2.45, 2.75) is 0 Å². The summed E-state index contributed by atoms with van der Waals surface area (Å²) in [5, 5.41) is 0. The largest absolute Gasteiger partial charge is 0.459 e. The average Bonchev–Trinajstić information content (AvgIpc) is 2.74. The highest BCUT2D eigenvalue weighted by molar-refractivity contribution is 5.90. The van der Waals surface area contributed by atoms with E-state index in [1.54, 1.807) is 0 Å². The molecule has 2 rings (SSSR count). The summed E-state index contributed by atoms with van der Waals surface area (Å²) in [5.41, 5.74) is 1.54. The molecule has 74 valence electrons. The van der Waals surface area contributed by atoms with Crippen molar-refractivity contribution in [3.8, 4) is 11.8 Å². The van der Waals surface area contributed by atoms with Gasteiger partial charge < -0.3 is 9.72 Å². The number of nitrogens with one attached hydrogen (secondary N) is 1. The lowest BCUT2D eigenvalue weighted by atomic mass is 10.3. The van der Waals surface area contributed by atoms with Crippen molar-refractivity contribution in [3.63, 3.8) is 0 Å². The normalized spacial score (nSPS) is 9.40. The van der Waals surface area contributed by atoms with Gasteiger partial charge in [0.2, 0.25) is 0 Å². The summed E-state index contributed by atoms with van der Waals surface area (Å²) >= 11 is 0. The number of fused-ring (bicyclic) bond motifs is 1. The lowest BCUT2D eigenvalue weighted by molar-refractivity contribution is -0.133. The van der Waals surface area contributed by atoms with Gasteiger partial charge in [-0.05, 0) is 5.92 Å². The number of carbonyl (C=O) groups is 1. The summed E-state index contributed by atoms with van der Waals surface area (Å²) in [6, 6.07) is 0. The van der Waals surface area contributed by atoms with Gasteiger partial charge in [-0.15, -0.1) is 0 Å². The van der Waals surface area contributed by atoms with E-state index in [0.29, 0.717) is 16.9 Å². The van der Waals surface area contributed by atoms with E-state index in [-0.39, 0.29) is 0 Å². The fraction of sp³-hybridized carbons (Fsp3) is 0.111. The second-order valence-electron chi connectivity index (χ2n) is 2.57. The van der Waals surface area contributed by atoms with Crippen LogP contribution in [-0.4, -0.2) is 33.0 Å². The van der Waals surface area contributed by atoms with E-state index in [1.165, 1.54) is 19.8 Å². The molecule has 1 N–H and O–H groups in total. The summed E-state index contributed by atoms with van der Waals surface area (Å²) in [7, 11) is 1.27. The zero-order valence-corrected chi connectivity index (χ0v) is 7.81. The first-order chi connectivity index (χ1) is 7.31. The Morgan fingerprint density at radius 2 is 2.33 bits per heavy atom. The van der Waals surface area contributed by atoms with Crippen LogP contribution in [0.4, 0.5) is 0 Å². The summed E-state index contributed by atoms with van der Waals surface area (Å²) in [5.74, 6) is 4.25.